The van der Waals surface area contributed by atoms with Crippen molar-refractivity contribution in [3.05, 3.63) is 65.2 Å². The first-order valence-electron chi connectivity index (χ1n) is 7.49. The molecule has 0 atom stereocenters. The molecule has 2 aromatic rings. The number of ketones is 1. The third kappa shape index (κ3) is 7.79. The van der Waals surface area contributed by atoms with Gasteiger partial charge < -0.3 is 19.7 Å². The van der Waals surface area contributed by atoms with Crippen LogP contribution < -0.4 is 9.47 Å². The molecule has 0 aromatic heterocycles. The summed E-state index contributed by atoms with van der Waals surface area (Å²) < 4.78 is 10.2. The third-order valence-electron chi connectivity index (χ3n) is 3.38. The number of rotatable bonds is 8. The Morgan fingerprint density at radius 1 is 0.929 bits per heavy atom. The first-order chi connectivity index (χ1) is 12.4. The summed E-state index contributed by atoms with van der Waals surface area (Å²) in [5, 5.41) is 17.5. The minimum absolute atomic E-state index is 0. The van der Waals surface area contributed by atoms with Crippen molar-refractivity contribution >= 4 is 82.9 Å². The van der Waals surface area contributed by atoms with Crippen LogP contribution in [0.3, 0.4) is 0 Å². The monoisotopic (exact) mass is 404 g/mol. The number of hydrogen-bond acceptors (Lipinski definition) is 5. The van der Waals surface area contributed by atoms with E-state index in [1.54, 1.807) is 18.2 Å². The molecule has 28 heavy (non-hydrogen) atoms. The van der Waals surface area contributed by atoms with Gasteiger partial charge in [-0.1, -0.05) is 18.2 Å². The molecule has 0 aliphatic rings. The molecule has 0 radical (unpaired) electrons. The van der Waals surface area contributed by atoms with Crippen LogP contribution in [0.1, 0.15) is 26.3 Å². The molecule has 0 saturated heterocycles. The fraction of sp³-hybridized carbons (Fsp3) is 0.105. The number of methoxy groups -OCH3 is 1. The first kappa shape index (κ1) is 26.4. The molecule has 0 bridgehead atoms. The number of carboxylic acid groups (broad SMARTS) is 2. The van der Waals surface area contributed by atoms with E-state index in [0.29, 0.717) is 11.1 Å². The van der Waals surface area contributed by atoms with E-state index in [9.17, 15) is 14.4 Å². The number of allylic oxidation sites excluding steroid dienone is 1. The summed E-state index contributed by atoms with van der Waals surface area (Å²) >= 11 is 0. The molecule has 0 unspecified atom stereocenters. The number of aromatic carboxylic acids is 1. The third-order valence-corrected chi connectivity index (χ3v) is 3.38. The average Bonchev–Trinajstić information content (AvgIpc) is 2.64. The van der Waals surface area contributed by atoms with E-state index < -0.39 is 18.5 Å². The zero-order chi connectivity index (χ0) is 19.1. The van der Waals surface area contributed by atoms with Crippen molar-refractivity contribution in [3.63, 3.8) is 0 Å². The molecule has 0 amide bonds. The van der Waals surface area contributed by atoms with Gasteiger partial charge in [0, 0.05) is 5.56 Å². The van der Waals surface area contributed by atoms with E-state index in [1.165, 1.54) is 43.5 Å². The zero-order valence-corrected chi connectivity index (χ0v) is 13.8. The molecular weight excluding hydrogens is 386 g/mol. The van der Waals surface area contributed by atoms with E-state index in [0.717, 1.165) is 0 Å². The number of carboxylic acids is 2. The molecule has 138 valence electrons. The van der Waals surface area contributed by atoms with E-state index in [1.807, 2.05) is 0 Å². The Hall–Kier alpha value is -1.61. The van der Waals surface area contributed by atoms with Gasteiger partial charge in [-0.15, -0.1) is 0 Å². The molecule has 0 fully saturated rings. The van der Waals surface area contributed by atoms with Gasteiger partial charge >= 0.3 is 71.1 Å². The predicted octanol–water partition coefficient (Wildman–Crippen LogP) is 1.46. The second kappa shape index (κ2) is 12.8. The zero-order valence-electron chi connectivity index (χ0n) is 13.8. The maximum atomic E-state index is 12.3. The molecule has 9 heteroatoms. The van der Waals surface area contributed by atoms with Crippen LogP contribution in [0.4, 0.5) is 0 Å². The number of aliphatic carboxylic acids is 1. The van der Waals surface area contributed by atoms with E-state index in [-0.39, 0.29) is 82.0 Å². The van der Waals surface area contributed by atoms with Crippen LogP contribution in [-0.2, 0) is 4.79 Å². The van der Waals surface area contributed by atoms with Crippen LogP contribution in [-0.4, -0.2) is 101 Å². The molecule has 0 aliphatic heterocycles. The van der Waals surface area contributed by atoms with Gasteiger partial charge in [0.1, 0.15) is 0 Å². The molecule has 7 nitrogen and oxygen atoms in total. The second-order valence-electron chi connectivity index (χ2n) is 5.17. The van der Waals surface area contributed by atoms with Crippen LogP contribution in [0.15, 0.2) is 48.5 Å². The number of carbonyl (C=O) groups is 3. The van der Waals surface area contributed by atoms with E-state index >= 15 is 0 Å². The molecule has 0 heterocycles. The molecule has 0 saturated carbocycles. The van der Waals surface area contributed by atoms with Crippen molar-refractivity contribution < 1.29 is 34.1 Å². The molecule has 2 aromatic carbocycles. The Morgan fingerprint density at radius 3 is 2.07 bits per heavy atom. The molecule has 2 N–H and O–H groups in total. The van der Waals surface area contributed by atoms with Crippen molar-refractivity contribution in [2.24, 2.45) is 0 Å². The summed E-state index contributed by atoms with van der Waals surface area (Å²) in [7, 11) is 1.39. The average molecular weight is 404 g/mol. The first-order valence-corrected chi connectivity index (χ1v) is 7.49. The Kier molecular flexibility index (Phi) is 12.0. The molecular formula is C19H18Na2O7. The second-order valence-corrected chi connectivity index (χ2v) is 5.17. The van der Waals surface area contributed by atoms with Gasteiger partial charge in [-0.2, -0.15) is 0 Å². The molecule has 0 aliphatic carbocycles. The fourth-order valence-corrected chi connectivity index (χ4v) is 2.08. The summed E-state index contributed by atoms with van der Waals surface area (Å²) in [6.07, 6.45) is 2.91. The Bertz CT molecular complexity index is 861. The SMILES string of the molecule is COc1cc(C(=O)/C=C/c2ccc(C(=O)O)cc2)ccc1OCC(=O)O.[NaH].[NaH]. The maximum absolute atomic E-state index is 12.3. The number of benzene rings is 2. The predicted molar refractivity (Wildman–Crippen MR) is 107 cm³/mol. The van der Waals surface area contributed by atoms with Crippen molar-refractivity contribution in [1.82, 2.24) is 0 Å². The van der Waals surface area contributed by atoms with Crippen LogP contribution in [0.5, 0.6) is 11.5 Å². The molecule has 2 rings (SSSR count). The van der Waals surface area contributed by atoms with Crippen molar-refractivity contribution in [3.8, 4) is 11.5 Å². The van der Waals surface area contributed by atoms with Gasteiger partial charge in [-0.3, -0.25) is 4.79 Å². The van der Waals surface area contributed by atoms with Crippen LogP contribution >= 0.6 is 0 Å². The standard InChI is InChI=1S/C19H16O7.2Na.2H/c1-25-17-10-14(7-9-16(17)26-11-18(21)22)15(20)8-4-12-2-5-13(6-3-12)19(23)24;;;;/h2-10H,11H2,1H3,(H,21,22)(H,23,24);;;;/b8-4+;;;;. The van der Waals surface area contributed by atoms with Gasteiger partial charge in [0.2, 0.25) is 0 Å². The summed E-state index contributed by atoms with van der Waals surface area (Å²) in [6, 6.07) is 10.5. The summed E-state index contributed by atoms with van der Waals surface area (Å²) in [5.41, 5.74) is 1.18. The summed E-state index contributed by atoms with van der Waals surface area (Å²) in [4.78, 5) is 33.6. The van der Waals surface area contributed by atoms with Crippen LogP contribution in [0, 0.1) is 0 Å². The Labute approximate surface area is 205 Å². The summed E-state index contributed by atoms with van der Waals surface area (Å²) in [5.74, 6) is -1.97. The normalized spacial score (nSPS) is 9.75. The summed E-state index contributed by atoms with van der Waals surface area (Å²) in [6.45, 7) is -0.518. The van der Waals surface area contributed by atoms with Crippen molar-refractivity contribution in [2.75, 3.05) is 13.7 Å². The Balaban J connectivity index is 0.00000364. The number of hydrogen-bond donors (Lipinski definition) is 2. The minimum atomic E-state index is -1.12. The van der Waals surface area contributed by atoms with Gasteiger partial charge in [-0.25, -0.2) is 9.59 Å². The topological polar surface area (TPSA) is 110 Å². The quantitative estimate of drug-likeness (QED) is 0.389. The molecule has 0 spiro atoms. The van der Waals surface area contributed by atoms with Gasteiger partial charge in [-0.05, 0) is 42.0 Å². The Morgan fingerprint density at radius 2 is 1.54 bits per heavy atom. The van der Waals surface area contributed by atoms with Crippen molar-refractivity contribution in [1.29, 1.82) is 0 Å². The van der Waals surface area contributed by atoms with Crippen LogP contribution in [0.2, 0.25) is 0 Å². The number of carbonyl (C=O) groups excluding carboxylic acids is 1. The number of ether oxygens (including phenoxy) is 2. The van der Waals surface area contributed by atoms with E-state index in [4.69, 9.17) is 19.7 Å². The fourth-order valence-electron chi connectivity index (χ4n) is 2.08. The van der Waals surface area contributed by atoms with E-state index in [2.05, 4.69) is 0 Å². The van der Waals surface area contributed by atoms with Crippen LogP contribution in [0.25, 0.3) is 6.08 Å². The van der Waals surface area contributed by atoms with Crippen molar-refractivity contribution in [2.45, 2.75) is 0 Å². The van der Waals surface area contributed by atoms with Gasteiger partial charge in [0.05, 0.1) is 12.7 Å². The van der Waals surface area contributed by atoms with Gasteiger partial charge in [0.25, 0.3) is 0 Å². The van der Waals surface area contributed by atoms with Gasteiger partial charge in [0.15, 0.2) is 23.9 Å².